The van der Waals surface area contributed by atoms with Crippen LogP contribution in [0.15, 0.2) is 44.3 Å². The number of likely N-dealkylation sites (tertiary alicyclic amines) is 1. The van der Waals surface area contributed by atoms with Crippen LogP contribution in [-0.2, 0) is 24.2 Å². The van der Waals surface area contributed by atoms with Gasteiger partial charge in [-0.15, -0.1) is 0 Å². The number of hydrogen-bond donors (Lipinski definition) is 0. The quantitative estimate of drug-likeness (QED) is 0.542. The van der Waals surface area contributed by atoms with Gasteiger partial charge in [-0.3, -0.25) is 9.59 Å². The molecule has 1 unspecified atom stereocenters. The summed E-state index contributed by atoms with van der Waals surface area (Å²) in [5.74, 6) is 0.931. The Morgan fingerprint density at radius 2 is 1.86 bits per heavy atom. The van der Waals surface area contributed by atoms with Gasteiger partial charge in [-0.25, -0.2) is 4.79 Å². The average Bonchev–Trinajstić information content (AvgIpc) is 2.86. The van der Waals surface area contributed by atoms with Crippen LogP contribution in [0, 0.1) is 12.8 Å². The molecule has 2 aliphatic heterocycles. The summed E-state index contributed by atoms with van der Waals surface area (Å²) in [6, 6.07) is 9.26. The van der Waals surface area contributed by atoms with E-state index < -0.39 is 6.10 Å². The Bertz CT molecular complexity index is 1450. The molecule has 3 atom stereocenters. The number of piperidine rings is 1. The zero-order chi connectivity index (χ0) is 24.3. The summed E-state index contributed by atoms with van der Waals surface area (Å²) in [6.07, 6.45) is 4.07. The lowest BCUT2D eigenvalue weighted by molar-refractivity contribution is -0.140. The summed E-state index contributed by atoms with van der Waals surface area (Å²) in [7, 11) is 0. The number of rotatable bonds is 3. The lowest BCUT2D eigenvalue weighted by Crippen LogP contribution is -2.52. The molecule has 1 amide bonds. The largest absolute Gasteiger partial charge is 0.480 e. The fourth-order valence-electron chi connectivity index (χ4n) is 6.33. The van der Waals surface area contributed by atoms with E-state index in [2.05, 4.69) is 0 Å². The first-order valence-corrected chi connectivity index (χ1v) is 12.6. The molecule has 1 aliphatic carbocycles. The first-order valence-electron chi connectivity index (χ1n) is 12.6. The van der Waals surface area contributed by atoms with Gasteiger partial charge in [0.1, 0.15) is 11.3 Å². The van der Waals surface area contributed by atoms with E-state index in [0.717, 1.165) is 59.9 Å². The number of hydrogen-bond acceptors (Lipinski definition) is 5. The molecule has 3 aliphatic rings. The van der Waals surface area contributed by atoms with E-state index in [-0.39, 0.29) is 28.9 Å². The van der Waals surface area contributed by atoms with Crippen LogP contribution in [0.5, 0.6) is 5.75 Å². The molecule has 6 rings (SSSR count). The van der Waals surface area contributed by atoms with Crippen molar-refractivity contribution in [2.45, 2.75) is 64.5 Å². The van der Waals surface area contributed by atoms with Crippen LogP contribution >= 0.6 is 0 Å². The van der Waals surface area contributed by atoms with Gasteiger partial charge in [-0.05, 0) is 75.6 Å². The molecular formula is C28H30N2O5. The minimum Gasteiger partial charge on any atom is -0.480 e. The fraction of sp³-hybridized carbons (Fsp3) is 0.464. The molecule has 1 fully saturated rings. The predicted octanol–water partition coefficient (Wildman–Crippen LogP) is 3.56. The highest BCUT2D eigenvalue weighted by Crippen LogP contribution is 2.36. The highest BCUT2D eigenvalue weighted by molar-refractivity contribution is 5.86. The number of ether oxygens (including phenoxy) is 1. The van der Waals surface area contributed by atoms with E-state index in [1.807, 2.05) is 34.6 Å². The molecule has 2 aromatic heterocycles. The van der Waals surface area contributed by atoms with Crippen LogP contribution in [0.1, 0.15) is 54.5 Å². The summed E-state index contributed by atoms with van der Waals surface area (Å²) < 4.78 is 13.7. The third kappa shape index (κ3) is 3.68. The van der Waals surface area contributed by atoms with E-state index in [1.54, 1.807) is 19.1 Å². The molecule has 0 saturated carbocycles. The molecule has 1 saturated heterocycles. The maximum absolute atomic E-state index is 13.4. The molecule has 182 valence electrons. The Labute approximate surface area is 203 Å². The van der Waals surface area contributed by atoms with Gasteiger partial charge in [0.15, 0.2) is 6.10 Å². The number of benzene rings is 1. The molecular weight excluding hydrogens is 444 g/mol. The third-order valence-corrected chi connectivity index (χ3v) is 8.03. The monoisotopic (exact) mass is 474 g/mol. The van der Waals surface area contributed by atoms with Crippen LogP contribution < -0.4 is 15.9 Å². The van der Waals surface area contributed by atoms with Gasteiger partial charge in [0.2, 0.25) is 0 Å². The van der Waals surface area contributed by atoms with Crippen molar-refractivity contribution in [1.29, 1.82) is 0 Å². The molecule has 4 heterocycles. The van der Waals surface area contributed by atoms with E-state index in [1.165, 1.54) is 0 Å². The first-order chi connectivity index (χ1) is 16.9. The second-order valence-electron chi connectivity index (χ2n) is 10.3. The van der Waals surface area contributed by atoms with Crippen molar-refractivity contribution in [3.05, 3.63) is 73.5 Å². The Balaban J connectivity index is 1.24. The first kappa shape index (κ1) is 22.1. The van der Waals surface area contributed by atoms with E-state index in [9.17, 15) is 14.4 Å². The van der Waals surface area contributed by atoms with Crippen molar-refractivity contribution in [2.24, 2.45) is 5.92 Å². The number of fused-ring (bicyclic) bond motifs is 7. The summed E-state index contributed by atoms with van der Waals surface area (Å²) in [4.78, 5) is 40.2. The van der Waals surface area contributed by atoms with Gasteiger partial charge in [0, 0.05) is 53.8 Å². The summed E-state index contributed by atoms with van der Waals surface area (Å²) in [5.41, 5.74) is 4.01. The molecule has 1 aromatic carbocycles. The Morgan fingerprint density at radius 1 is 1.06 bits per heavy atom. The number of amides is 1. The number of aryl methyl sites for hydroxylation is 2. The van der Waals surface area contributed by atoms with E-state index in [0.29, 0.717) is 31.0 Å². The van der Waals surface area contributed by atoms with Gasteiger partial charge in [-0.2, -0.15) is 0 Å². The van der Waals surface area contributed by atoms with Crippen LogP contribution in [0.2, 0.25) is 0 Å². The van der Waals surface area contributed by atoms with Crippen molar-refractivity contribution in [1.82, 2.24) is 9.47 Å². The van der Waals surface area contributed by atoms with Crippen LogP contribution in [0.3, 0.4) is 0 Å². The minimum absolute atomic E-state index is 0.0355. The molecule has 0 radical (unpaired) electrons. The molecule has 35 heavy (non-hydrogen) atoms. The molecule has 3 aromatic rings. The zero-order valence-corrected chi connectivity index (χ0v) is 20.2. The number of pyridine rings is 1. The van der Waals surface area contributed by atoms with Crippen molar-refractivity contribution < 1.29 is 13.9 Å². The normalized spacial score (nSPS) is 21.8. The number of carbonyl (C=O) groups excluding carboxylic acids is 1. The van der Waals surface area contributed by atoms with Gasteiger partial charge in [0.25, 0.3) is 11.5 Å². The summed E-state index contributed by atoms with van der Waals surface area (Å²) >= 11 is 0. The van der Waals surface area contributed by atoms with Crippen LogP contribution in [0.4, 0.5) is 0 Å². The van der Waals surface area contributed by atoms with E-state index in [4.69, 9.17) is 9.15 Å². The Morgan fingerprint density at radius 3 is 2.69 bits per heavy atom. The van der Waals surface area contributed by atoms with Gasteiger partial charge in [0.05, 0.1) is 0 Å². The highest BCUT2D eigenvalue weighted by Gasteiger charge is 2.37. The van der Waals surface area contributed by atoms with Gasteiger partial charge in [-0.1, -0.05) is 6.07 Å². The molecule has 0 spiro atoms. The highest BCUT2D eigenvalue weighted by atomic mass is 16.5. The van der Waals surface area contributed by atoms with E-state index >= 15 is 0 Å². The maximum atomic E-state index is 13.4. The predicted molar refractivity (Wildman–Crippen MR) is 132 cm³/mol. The van der Waals surface area contributed by atoms with Gasteiger partial charge < -0.3 is 18.6 Å². The number of nitrogens with zero attached hydrogens (tertiary/aromatic N) is 2. The summed E-state index contributed by atoms with van der Waals surface area (Å²) in [5, 5.41) is 0.973. The van der Waals surface area contributed by atoms with Crippen molar-refractivity contribution in [2.75, 3.05) is 13.1 Å². The standard InChI is InChI=1S/C28H30N2O5/c1-16-24(11-10-21-20-6-3-4-7-22(20)28(33)35-26(16)21)34-17(2)27(32)29-13-18-12-19(15-29)23-8-5-9-25(31)30(23)14-18/h5,8-11,17-19H,3-4,6-7,12-15H2,1-2H3/t17?,18-,19+/m1/s1. The SMILES string of the molecule is Cc1c(OC(C)C(=O)N2C[C@H]3C[C@@H](C2)c2cccc(=O)n2C3)ccc2c3c(c(=O)oc12)CCCC3. The lowest BCUT2D eigenvalue weighted by Gasteiger charge is -2.43. The second-order valence-corrected chi connectivity index (χ2v) is 10.3. The van der Waals surface area contributed by atoms with Crippen molar-refractivity contribution in [3.63, 3.8) is 0 Å². The Kier molecular flexibility index (Phi) is 5.31. The molecule has 7 heteroatoms. The minimum atomic E-state index is -0.674. The molecule has 0 N–H and O–H groups in total. The summed E-state index contributed by atoms with van der Waals surface area (Å²) in [6.45, 7) is 5.52. The van der Waals surface area contributed by atoms with Gasteiger partial charge >= 0.3 is 5.63 Å². The smallest absolute Gasteiger partial charge is 0.339 e. The lowest BCUT2D eigenvalue weighted by atomic mass is 9.83. The van der Waals surface area contributed by atoms with Crippen molar-refractivity contribution >= 4 is 16.9 Å². The third-order valence-electron chi connectivity index (χ3n) is 8.03. The fourth-order valence-corrected chi connectivity index (χ4v) is 6.33. The average molecular weight is 475 g/mol. The van der Waals surface area contributed by atoms with Crippen molar-refractivity contribution in [3.8, 4) is 5.75 Å². The maximum Gasteiger partial charge on any atom is 0.339 e. The van der Waals surface area contributed by atoms with Crippen LogP contribution in [0.25, 0.3) is 11.0 Å². The molecule has 2 bridgehead atoms. The second kappa shape index (κ2) is 8.40. The molecule has 7 nitrogen and oxygen atoms in total. The zero-order valence-electron chi connectivity index (χ0n) is 20.2. The number of carbonyl (C=O) groups is 1. The topological polar surface area (TPSA) is 81.8 Å². The van der Waals surface area contributed by atoms with Crippen LogP contribution in [-0.4, -0.2) is 34.6 Å². The number of aromatic nitrogens is 1. The Hall–Kier alpha value is -3.35.